The lowest BCUT2D eigenvalue weighted by Gasteiger charge is -2.22. The smallest absolute Gasteiger partial charge is 0.248 e. The number of hydrogen-bond acceptors (Lipinski definition) is 4. The molecule has 0 aliphatic carbocycles. The molecule has 0 saturated carbocycles. The molecule has 22 heavy (non-hydrogen) atoms. The molecule has 5 nitrogen and oxygen atoms in total. The van der Waals surface area contributed by atoms with Crippen molar-refractivity contribution < 1.29 is 9.53 Å². The number of carbonyl (C=O) groups excluding carboxylic acids is 1. The molecule has 0 spiro atoms. The van der Waals surface area contributed by atoms with Gasteiger partial charge in [-0.3, -0.25) is 9.48 Å². The summed E-state index contributed by atoms with van der Waals surface area (Å²) < 4.78 is 7.52. The van der Waals surface area contributed by atoms with Crippen LogP contribution in [0.1, 0.15) is 24.1 Å². The molecule has 3 heterocycles. The van der Waals surface area contributed by atoms with E-state index in [2.05, 4.69) is 10.4 Å². The van der Waals surface area contributed by atoms with Crippen molar-refractivity contribution in [2.75, 3.05) is 11.9 Å². The Morgan fingerprint density at radius 3 is 3.27 bits per heavy atom. The van der Waals surface area contributed by atoms with Gasteiger partial charge in [-0.15, -0.1) is 11.3 Å². The van der Waals surface area contributed by atoms with Gasteiger partial charge >= 0.3 is 0 Å². The lowest BCUT2D eigenvalue weighted by molar-refractivity contribution is -0.111. The maximum absolute atomic E-state index is 11.9. The van der Waals surface area contributed by atoms with Crippen molar-refractivity contribution in [3.05, 3.63) is 40.9 Å². The summed E-state index contributed by atoms with van der Waals surface area (Å²) in [6.45, 7) is 1.57. The first-order valence-corrected chi connectivity index (χ1v) is 8.34. The van der Waals surface area contributed by atoms with Crippen LogP contribution >= 0.6 is 11.3 Å². The van der Waals surface area contributed by atoms with Gasteiger partial charge in [-0.1, -0.05) is 6.07 Å². The highest BCUT2D eigenvalue weighted by Crippen LogP contribution is 2.15. The van der Waals surface area contributed by atoms with Crippen LogP contribution in [0.15, 0.2) is 36.0 Å². The van der Waals surface area contributed by atoms with E-state index >= 15 is 0 Å². The predicted octanol–water partition coefficient (Wildman–Crippen LogP) is 3.17. The molecule has 1 amide bonds. The second-order valence-electron chi connectivity index (χ2n) is 5.28. The van der Waals surface area contributed by atoms with Crippen LogP contribution in [-0.2, 0) is 16.1 Å². The average molecular weight is 317 g/mol. The molecule has 116 valence electrons. The number of nitrogens with zero attached hydrogens (tertiary/aromatic N) is 2. The summed E-state index contributed by atoms with van der Waals surface area (Å²) in [5.74, 6) is -0.151. The normalized spacial score (nSPS) is 18.6. The Labute approximate surface area is 133 Å². The van der Waals surface area contributed by atoms with Crippen LogP contribution in [0.25, 0.3) is 6.08 Å². The Kier molecular flexibility index (Phi) is 5.03. The van der Waals surface area contributed by atoms with Crippen molar-refractivity contribution in [3.63, 3.8) is 0 Å². The zero-order valence-electron chi connectivity index (χ0n) is 12.3. The van der Waals surface area contributed by atoms with Crippen LogP contribution in [0, 0.1) is 0 Å². The van der Waals surface area contributed by atoms with Gasteiger partial charge in [-0.2, -0.15) is 5.10 Å². The molecule has 1 saturated heterocycles. The third-order valence-electron chi connectivity index (χ3n) is 3.51. The summed E-state index contributed by atoms with van der Waals surface area (Å²) in [5.41, 5.74) is 0.705. The van der Waals surface area contributed by atoms with Gasteiger partial charge in [0.15, 0.2) is 0 Å². The second kappa shape index (κ2) is 7.38. The lowest BCUT2D eigenvalue weighted by atomic mass is 10.1. The topological polar surface area (TPSA) is 56.2 Å². The van der Waals surface area contributed by atoms with Gasteiger partial charge in [0, 0.05) is 23.8 Å². The highest BCUT2D eigenvalue weighted by molar-refractivity contribution is 7.10. The van der Waals surface area contributed by atoms with Gasteiger partial charge in [-0.25, -0.2) is 0 Å². The van der Waals surface area contributed by atoms with Crippen molar-refractivity contribution in [2.24, 2.45) is 0 Å². The number of carbonyl (C=O) groups is 1. The minimum Gasteiger partial charge on any atom is -0.376 e. The summed E-state index contributed by atoms with van der Waals surface area (Å²) in [4.78, 5) is 12.9. The van der Waals surface area contributed by atoms with E-state index in [1.54, 1.807) is 23.6 Å². The monoisotopic (exact) mass is 317 g/mol. The molecular weight excluding hydrogens is 298 g/mol. The van der Waals surface area contributed by atoms with E-state index in [1.807, 2.05) is 28.4 Å². The molecule has 1 aliphatic rings. The molecule has 1 aliphatic heterocycles. The molecule has 1 atom stereocenters. The first kappa shape index (κ1) is 15.0. The van der Waals surface area contributed by atoms with Crippen LogP contribution in [0.3, 0.4) is 0 Å². The molecular formula is C16H19N3O2S. The number of thiophene rings is 1. The van der Waals surface area contributed by atoms with Crippen LogP contribution in [-0.4, -0.2) is 28.4 Å². The van der Waals surface area contributed by atoms with Gasteiger partial charge in [0.05, 0.1) is 24.5 Å². The van der Waals surface area contributed by atoms with E-state index in [0.717, 1.165) is 30.9 Å². The molecule has 0 radical (unpaired) electrons. The van der Waals surface area contributed by atoms with E-state index in [0.29, 0.717) is 5.69 Å². The Bertz CT molecular complexity index is 628. The van der Waals surface area contributed by atoms with Crippen LogP contribution in [0.5, 0.6) is 0 Å². The fraction of sp³-hybridized carbons (Fsp3) is 0.375. The largest absolute Gasteiger partial charge is 0.376 e. The number of nitrogens with one attached hydrogen (secondary N) is 1. The zero-order valence-corrected chi connectivity index (χ0v) is 13.1. The Hall–Kier alpha value is -1.92. The van der Waals surface area contributed by atoms with Gasteiger partial charge in [0.1, 0.15) is 0 Å². The number of aromatic nitrogens is 2. The number of ether oxygens (including phenoxy) is 1. The number of amides is 1. The third-order valence-corrected chi connectivity index (χ3v) is 4.35. The van der Waals surface area contributed by atoms with Crippen LogP contribution in [0.2, 0.25) is 0 Å². The highest BCUT2D eigenvalue weighted by Gasteiger charge is 2.14. The summed E-state index contributed by atoms with van der Waals surface area (Å²) in [6, 6.07) is 3.93. The molecule has 0 aromatic carbocycles. The van der Waals surface area contributed by atoms with Gasteiger partial charge in [0.2, 0.25) is 5.91 Å². The van der Waals surface area contributed by atoms with E-state index in [4.69, 9.17) is 4.74 Å². The Balaban J connectivity index is 1.51. The molecule has 6 heteroatoms. The second-order valence-corrected chi connectivity index (χ2v) is 6.26. The fourth-order valence-corrected chi connectivity index (χ4v) is 3.03. The summed E-state index contributed by atoms with van der Waals surface area (Å²) in [5, 5.41) is 9.07. The van der Waals surface area contributed by atoms with Gasteiger partial charge in [-0.05, 0) is 36.8 Å². The number of rotatable bonds is 5. The third kappa shape index (κ3) is 4.29. The van der Waals surface area contributed by atoms with E-state index < -0.39 is 0 Å². The quantitative estimate of drug-likeness (QED) is 0.862. The summed E-state index contributed by atoms with van der Waals surface area (Å²) >= 11 is 1.60. The lowest BCUT2D eigenvalue weighted by Crippen LogP contribution is -2.24. The molecule has 3 rings (SSSR count). The van der Waals surface area contributed by atoms with Crippen molar-refractivity contribution in [1.82, 2.24) is 9.78 Å². The number of anilines is 1. The van der Waals surface area contributed by atoms with Crippen molar-refractivity contribution in [1.29, 1.82) is 0 Å². The van der Waals surface area contributed by atoms with E-state index in [-0.39, 0.29) is 12.0 Å². The molecule has 0 bridgehead atoms. The summed E-state index contributed by atoms with van der Waals surface area (Å²) in [7, 11) is 0. The predicted molar refractivity (Wildman–Crippen MR) is 87.8 cm³/mol. The maximum Gasteiger partial charge on any atom is 0.248 e. The minimum atomic E-state index is -0.151. The first-order valence-electron chi connectivity index (χ1n) is 7.46. The molecule has 1 unspecified atom stereocenters. The summed E-state index contributed by atoms with van der Waals surface area (Å²) in [6.07, 6.45) is 10.5. The van der Waals surface area contributed by atoms with Crippen molar-refractivity contribution >= 4 is 29.0 Å². The van der Waals surface area contributed by atoms with Crippen LogP contribution < -0.4 is 5.32 Å². The Morgan fingerprint density at radius 2 is 2.50 bits per heavy atom. The van der Waals surface area contributed by atoms with E-state index in [9.17, 15) is 4.79 Å². The van der Waals surface area contributed by atoms with Gasteiger partial charge < -0.3 is 10.1 Å². The molecule has 2 aromatic heterocycles. The molecule has 1 fully saturated rings. The first-order chi connectivity index (χ1) is 10.8. The minimum absolute atomic E-state index is 0.151. The fourth-order valence-electron chi connectivity index (χ4n) is 2.42. The number of hydrogen-bond donors (Lipinski definition) is 1. The molecule has 1 N–H and O–H groups in total. The molecule has 2 aromatic rings. The van der Waals surface area contributed by atoms with E-state index in [1.165, 1.54) is 12.5 Å². The van der Waals surface area contributed by atoms with Crippen LogP contribution in [0.4, 0.5) is 5.69 Å². The average Bonchev–Trinajstić information content (AvgIpc) is 3.18. The highest BCUT2D eigenvalue weighted by atomic mass is 32.1. The SMILES string of the molecule is O=C(C=Cc1cccs1)Nc1cnn(CC2CCCCO2)c1. The zero-order chi connectivity index (χ0) is 15.2. The maximum atomic E-state index is 11.9. The van der Waals surface area contributed by atoms with Gasteiger partial charge in [0.25, 0.3) is 0 Å². The van der Waals surface area contributed by atoms with Crippen molar-refractivity contribution in [2.45, 2.75) is 31.9 Å². The van der Waals surface area contributed by atoms with Crippen molar-refractivity contribution in [3.8, 4) is 0 Å². The standard InChI is InChI=1S/C16H19N3O2S/c20-16(7-6-15-5-3-9-22-15)18-13-10-17-19(11-13)12-14-4-1-2-8-21-14/h3,5-7,9-11,14H,1-2,4,8,12H2,(H,18,20). The Morgan fingerprint density at radius 1 is 1.55 bits per heavy atom.